The summed E-state index contributed by atoms with van der Waals surface area (Å²) in [4.78, 5) is 2.18. The van der Waals surface area contributed by atoms with Gasteiger partial charge in [-0.1, -0.05) is 6.07 Å². The van der Waals surface area contributed by atoms with Crippen LogP contribution >= 0.6 is 28.3 Å². The van der Waals surface area contributed by atoms with E-state index in [0.717, 1.165) is 25.1 Å². The second-order valence-electron chi connectivity index (χ2n) is 4.60. The number of nitrogens with two attached hydrogens (primary N) is 1. The van der Waals surface area contributed by atoms with Crippen LogP contribution in [0.4, 0.5) is 13.2 Å². The molecule has 114 valence electrons. The quantitative estimate of drug-likeness (QED) is 0.881. The maximum atomic E-state index is 12.1. The van der Waals surface area contributed by atoms with Gasteiger partial charge in [0.2, 0.25) is 0 Å². The third-order valence-electron chi connectivity index (χ3n) is 2.94. The molecule has 0 bridgehead atoms. The van der Waals surface area contributed by atoms with E-state index in [0.29, 0.717) is 11.0 Å². The molecular formula is C12H15BrClF3N2O. The first-order valence-corrected chi connectivity index (χ1v) is 6.65. The minimum absolute atomic E-state index is 0. The van der Waals surface area contributed by atoms with E-state index in [2.05, 4.69) is 25.6 Å². The lowest BCUT2D eigenvalue weighted by molar-refractivity contribution is -0.274. The number of halogens is 5. The van der Waals surface area contributed by atoms with Crippen LogP contribution in [0.25, 0.3) is 0 Å². The molecule has 8 heteroatoms. The second kappa shape index (κ2) is 6.98. The summed E-state index contributed by atoms with van der Waals surface area (Å²) in [5.41, 5.74) is 6.73. The Balaban J connectivity index is 0.00000200. The van der Waals surface area contributed by atoms with E-state index < -0.39 is 6.36 Å². The van der Waals surface area contributed by atoms with Gasteiger partial charge in [-0.3, -0.25) is 4.90 Å². The molecular weight excluding hydrogens is 360 g/mol. The molecule has 0 radical (unpaired) electrons. The fraction of sp³-hybridized carbons (Fsp3) is 0.500. The number of benzene rings is 1. The highest BCUT2D eigenvalue weighted by Crippen LogP contribution is 2.31. The van der Waals surface area contributed by atoms with Crippen molar-refractivity contribution in [3.8, 4) is 5.75 Å². The third-order valence-corrected chi connectivity index (χ3v) is 3.56. The maximum Gasteiger partial charge on any atom is 0.573 e. The highest BCUT2D eigenvalue weighted by Gasteiger charge is 2.32. The highest BCUT2D eigenvalue weighted by molar-refractivity contribution is 9.10. The van der Waals surface area contributed by atoms with Crippen LogP contribution in [-0.4, -0.2) is 30.4 Å². The minimum atomic E-state index is -4.67. The van der Waals surface area contributed by atoms with E-state index in [-0.39, 0.29) is 24.2 Å². The number of ether oxygens (including phenoxy) is 1. The van der Waals surface area contributed by atoms with Gasteiger partial charge in [0.15, 0.2) is 0 Å². The van der Waals surface area contributed by atoms with E-state index in [1.54, 1.807) is 12.1 Å². The number of alkyl halides is 3. The van der Waals surface area contributed by atoms with E-state index in [4.69, 9.17) is 5.73 Å². The predicted molar refractivity (Wildman–Crippen MR) is 75.9 cm³/mol. The number of nitrogens with zero attached hydrogens (tertiary/aromatic N) is 1. The van der Waals surface area contributed by atoms with Crippen LogP contribution < -0.4 is 10.5 Å². The van der Waals surface area contributed by atoms with Crippen LogP contribution in [0.5, 0.6) is 5.75 Å². The average molecular weight is 376 g/mol. The van der Waals surface area contributed by atoms with Crippen molar-refractivity contribution < 1.29 is 17.9 Å². The molecule has 1 aromatic rings. The molecule has 1 fully saturated rings. The van der Waals surface area contributed by atoms with Crippen molar-refractivity contribution in [1.29, 1.82) is 0 Å². The summed E-state index contributed by atoms with van der Waals surface area (Å²) >= 11 is 3.09. The van der Waals surface area contributed by atoms with E-state index >= 15 is 0 Å². The van der Waals surface area contributed by atoms with Crippen LogP contribution in [0.15, 0.2) is 22.7 Å². The summed E-state index contributed by atoms with van der Waals surface area (Å²) in [5.74, 6) is -0.227. The topological polar surface area (TPSA) is 38.5 Å². The summed E-state index contributed by atoms with van der Waals surface area (Å²) in [6.07, 6.45) is -3.72. The van der Waals surface area contributed by atoms with Crippen LogP contribution in [0.2, 0.25) is 0 Å². The molecule has 0 amide bonds. The number of hydrogen-bond donors (Lipinski definition) is 1. The first kappa shape index (κ1) is 17.6. The first-order valence-electron chi connectivity index (χ1n) is 5.85. The Kier molecular flexibility index (Phi) is 6.12. The maximum absolute atomic E-state index is 12.1. The van der Waals surface area contributed by atoms with Gasteiger partial charge in [0.25, 0.3) is 0 Å². The van der Waals surface area contributed by atoms with Crippen molar-refractivity contribution in [3.63, 3.8) is 0 Å². The van der Waals surface area contributed by atoms with E-state index in [9.17, 15) is 13.2 Å². The van der Waals surface area contributed by atoms with Gasteiger partial charge in [-0.15, -0.1) is 25.6 Å². The highest BCUT2D eigenvalue weighted by atomic mass is 79.9. The van der Waals surface area contributed by atoms with Crippen molar-refractivity contribution in [1.82, 2.24) is 4.90 Å². The lowest BCUT2D eigenvalue weighted by atomic mass is 10.2. The number of likely N-dealkylation sites (tertiary alicyclic amines) is 1. The molecule has 1 atom stereocenters. The van der Waals surface area contributed by atoms with Crippen molar-refractivity contribution in [2.75, 3.05) is 13.1 Å². The molecule has 2 N–H and O–H groups in total. The largest absolute Gasteiger partial charge is 0.573 e. The number of rotatable bonds is 3. The average Bonchev–Trinajstić information content (AvgIpc) is 2.66. The van der Waals surface area contributed by atoms with Gasteiger partial charge in [-0.2, -0.15) is 0 Å². The van der Waals surface area contributed by atoms with Crippen molar-refractivity contribution in [2.24, 2.45) is 5.73 Å². The zero-order chi connectivity index (χ0) is 14.0. The molecule has 0 aromatic heterocycles. The van der Waals surface area contributed by atoms with Crippen LogP contribution in [0, 0.1) is 0 Å². The third kappa shape index (κ3) is 5.12. The Hall–Kier alpha value is -0.500. The normalized spacial score (nSPS) is 19.8. The van der Waals surface area contributed by atoms with Crippen LogP contribution in [0.1, 0.15) is 12.0 Å². The molecule has 20 heavy (non-hydrogen) atoms. The fourth-order valence-electron chi connectivity index (χ4n) is 2.11. The van der Waals surface area contributed by atoms with Gasteiger partial charge in [0.1, 0.15) is 5.75 Å². The summed E-state index contributed by atoms with van der Waals surface area (Å²) in [5, 5.41) is 0. The predicted octanol–water partition coefficient (Wildman–Crippen LogP) is 3.30. The molecule has 0 unspecified atom stereocenters. The summed E-state index contributed by atoms with van der Waals surface area (Å²) in [6.45, 7) is 2.41. The van der Waals surface area contributed by atoms with Gasteiger partial charge in [0, 0.05) is 25.7 Å². The lowest BCUT2D eigenvalue weighted by Gasteiger charge is -2.16. The molecule has 2 rings (SSSR count). The Labute approximate surface area is 129 Å². The number of hydrogen-bond acceptors (Lipinski definition) is 3. The second-order valence-corrected chi connectivity index (χ2v) is 5.45. The summed E-state index contributed by atoms with van der Waals surface area (Å²) < 4.78 is 40.6. The molecule has 1 aromatic carbocycles. The Morgan fingerprint density at radius 2 is 2.10 bits per heavy atom. The fourth-order valence-corrected chi connectivity index (χ4v) is 2.62. The van der Waals surface area contributed by atoms with Crippen LogP contribution in [-0.2, 0) is 6.54 Å². The van der Waals surface area contributed by atoms with Crippen molar-refractivity contribution in [2.45, 2.75) is 25.4 Å². The van der Waals surface area contributed by atoms with Gasteiger partial charge in [0.05, 0.1) is 4.47 Å². The molecule has 0 saturated carbocycles. The first-order chi connectivity index (χ1) is 8.83. The molecule has 3 nitrogen and oxygen atoms in total. The monoisotopic (exact) mass is 374 g/mol. The SMILES string of the molecule is Cl.N[C@H]1CCN(Cc2ccc(OC(F)(F)F)c(Br)c2)C1. The molecule has 1 saturated heterocycles. The molecule has 0 spiro atoms. The van der Waals surface area contributed by atoms with E-state index in [1.165, 1.54) is 6.07 Å². The van der Waals surface area contributed by atoms with Crippen molar-refractivity contribution in [3.05, 3.63) is 28.2 Å². The van der Waals surface area contributed by atoms with Crippen LogP contribution in [0.3, 0.4) is 0 Å². The smallest absolute Gasteiger partial charge is 0.405 e. The van der Waals surface area contributed by atoms with Crippen molar-refractivity contribution >= 4 is 28.3 Å². The molecule has 0 aliphatic carbocycles. The molecule has 1 aliphatic heterocycles. The van der Waals surface area contributed by atoms with Gasteiger partial charge >= 0.3 is 6.36 Å². The van der Waals surface area contributed by atoms with Gasteiger partial charge in [-0.05, 0) is 40.0 Å². The zero-order valence-corrected chi connectivity index (χ0v) is 12.9. The van der Waals surface area contributed by atoms with E-state index in [1.807, 2.05) is 0 Å². The Morgan fingerprint density at radius 1 is 1.40 bits per heavy atom. The lowest BCUT2D eigenvalue weighted by Crippen LogP contribution is -2.26. The van der Waals surface area contributed by atoms with Gasteiger partial charge < -0.3 is 10.5 Å². The zero-order valence-electron chi connectivity index (χ0n) is 10.5. The van der Waals surface area contributed by atoms with Gasteiger partial charge in [-0.25, -0.2) is 0 Å². The minimum Gasteiger partial charge on any atom is -0.405 e. The summed E-state index contributed by atoms with van der Waals surface area (Å²) in [6, 6.07) is 4.79. The molecule has 1 aliphatic rings. The summed E-state index contributed by atoms with van der Waals surface area (Å²) in [7, 11) is 0. The molecule has 1 heterocycles. The standard InChI is InChI=1S/C12H14BrF3N2O.ClH/c13-10-5-8(6-18-4-3-9(17)7-18)1-2-11(10)19-12(14,15)16;/h1-2,5,9H,3-4,6-7,17H2;1H/t9-;/m0./s1. The Bertz CT molecular complexity index is 459. The Morgan fingerprint density at radius 3 is 2.60 bits per heavy atom.